The van der Waals surface area contributed by atoms with Gasteiger partial charge in [0.2, 0.25) is 0 Å². The van der Waals surface area contributed by atoms with Crippen molar-refractivity contribution in [2.24, 2.45) is 5.92 Å². The second-order valence-electron chi connectivity index (χ2n) is 4.79. The summed E-state index contributed by atoms with van der Waals surface area (Å²) in [5, 5.41) is 3.35. The predicted molar refractivity (Wildman–Crippen MR) is 75.9 cm³/mol. The lowest BCUT2D eigenvalue weighted by Gasteiger charge is -2.07. The molecule has 0 aliphatic heterocycles. The molecule has 1 aromatic carbocycles. The van der Waals surface area contributed by atoms with E-state index in [0.717, 1.165) is 18.2 Å². The minimum atomic E-state index is -2.00. The largest absolute Gasteiger partial charge is 0.385 e. The first kappa shape index (κ1) is 13.4. The van der Waals surface area contributed by atoms with Gasteiger partial charge in [0.1, 0.15) is 0 Å². The van der Waals surface area contributed by atoms with E-state index in [1.54, 1.807) is 12.1 Å². The van der Waals surface area contributed by atoms with Crippen LogP contribution in [-0.4, -0.2) is 15.3 Å². The molecule has 0 spiro atoms. The summed E-state index contributed by atoms with van der Waals surface area (Å²) in [4.78, 5) is 0. The smallest absolute Gasteiger partial charge is 0.259 e. The molecule has 1 aliphatic rings. The van der Waals surface area contributed by atoms with E-state index in [0.29, 0.717) is 5.69 Å². The number of benzene rings is 1. The maximum atomic E-state index is 10.5. The van der Waals surface area contributed by atoms with E-state index >= 15 is 0 Å². The highest BCUT2D eigenvalue weighted by Crippen LogP contribution is 2.33. The summed E-state index contributed by atoms with van der Waals surface area (Å²) in [6.45, 7) is 0.991. The molecule has 1 atom stereocenters. The second-order valence-corrected chi connectivity index (χ2v) is 5.50. The molecule has 3 N–H and O–H groups in total. The van der Waals surface area contributed by atoms with Gasteiger partial charge in [0.15, 0.2) is 0 Å². The Morgan fingerprint density at radius 3 is 2.44 bits per heavy atom. The quantitative estimate of drug-likeness (QED) is 0.501. The lowest BCUT2D eigenvalue weighted by Crippen LogP contribution is -2.03. The standard InChI is InChI=1S/C13H20N2O2S/c16-18(17)15-13-8-6-12(7-9-13)14-10-2-1-3-11-4-5-11/h6-9,11,14-15H,1-5,10H2,(H,16,17). The Morgan fingerprint density at radius 2 is 1.83 bits per heavy atom. The zero-order valence-electron chi connectivity index (χ0n) is 10.4. The van der Waals surface area contributed by atoms with Gasteiger partial charge in [-0.3, -0.25) is 9.27 Å². The topological polar surface area (TPSA) is 61.4 Å². The Kier molecular flexibility index (Phi) is 5.01. The van der Waals surface area contributed by atoms with Gasteiger partial charge in [-0.2, -0.15) is 0 Å². The van der Waals surface area contributed by atoms with Crippen LogP contribution in [0.3, 0.4) is 0 Å². The van der Waals surface area contributed by atoms with Gasteiger partial charge in [0.25, 0.3) is 11.3 Å². The molecule has 0 heterocycles. The third-order valence-corrected chi connectivity index (χ3v) is 3.57. The average Bonchev–Trinajstić information content (AvgIpc) is 3.14. The Hall–Kier alpha value is -1.07. The van der Waals surface area contributed by atoms with Gasteiger partial charge in [-0.25, -0.2) is 4.21 Å². The van der Waals surface area contributed by atoms with Gasteiger partial charge in [0.05, 0.1) is 0 Å². The molecular formula is C13H20N2O2S. The lowest BCUT2D eigenvalue weighted by molar-refractivity contribution is 0.570. The van der Waals surface area contributed by atoms with Gasteiger partial charge >= 0.3 is 0 Å². The van der Waals surface area contributed by atoms with Crippen molar-refractivity contribution < 1.29 is 8.76 Å². The van der Waals surface area contributed by atoms with Crippen molar-refractivity contribution in [3.63, 3.8) is 0 Å². The zero-order valence-corrected chi connectivity index (χ0v) is 11.2. The fourth-order valence-corrected chi connectivity index (χ4v) is 2.29. The molecule has 5 heteroatoms. The van der Waals surface area contributed by atoms with Crippen molar-refractivity contribution in [3.8, 4) is 0 Å². The molecule has 1 aliphatic carbocycles. The van der Waals surface area contributed by atoms with E-state index in [-0.39, 0.29) is 0 Å². The van der Waals surface area contributed by atoms with Gasteiger partial charge in [-0.1, -0.05) is 25.7 Å². The fourth-order valence-electron chi connectivity index (χ4n) is 1.95. The van der Waals surface area contributed by atoms with Crippen molar-refractivity contribution in [3.05, 3.63) is 24.3 Å². The van der Waals surface area contributed by atoms with Crippen LogP contribution in [0.4, 0.5) is 11.4 Å². The Labute approximate surface area is 111 Å². The number of unbranched alkanes of at least 4 members (excludes halogenated alkanes) is 1. The van der Waals surface area contributed by atoms with Crippen molar-refractivity contribution in [1.82, 2.24) is 0 Å². The molecule has 100 valence electrons. The van der Waals surface area contributed by atoms with E-state index in [2.05, 4.69) is 10.0 Å². The fraction of sp³-hybridized carbons (Fsp3) is 0.538. The van der Waals surface area contributed by atoms with Crippen LogP contribution >= 0.6 is 0 Å². The summed E-state index contributed by atoms with van der Waals surface area (Å²) in [5.41, 5.74) is 1.70. The molecule has 1 saturated carbocycles. The molecule has 0 saturated heterocycles. The molecule has 18 heavy (non-hydrogen) atoms. The average molecular weight is 268 g/mol. The van der Waals surface area contributed by atoms with Crippen LogP contribution in [0, 0.1) is 5.92 Å². The second kappa shape index (κ2) is 6.75. The van der Waals surface area contributed by atoms with Crippen LogP contribution in [0.1, 0.15) is 32.1 Å². The van der Waals surface area contributed by atoms with E-state index in [9.17, 15) is 4.21 Å². The Balaban J connectivity index is 1.63. The minimum absolute atomic E-state index is 0.648. The third-order valence-electron chi connectivity index (χ3n) is 3.16. The zero-order chi connectivity index (χ0) is 12.8. The number of hydrogen-bond donors (Lipinski definition) is 3. The first-order valence-electron chi connectivity index (χ1n) is 6.45. The summed E-state index contributed by atoms with van der Waals surface area (Å²) in [7, 11) is 0. The molecule has 1 unspecified atom stereocenters. The molecule has 1 aromatic rings. The number of nitrogens with one attached hydrogen (secondary N) is 2. The minimum Gasteiger partial charge on any atom is -0.385 e. The number of anilines is 2. The highest BCUT2D eigenvalue weighted by atomic mass is 32.2. The van der Waals surface area contributed by atoms with Crippen LogP contribution in [0.5, 0.6) is 0 Å². The SMILES string of the molecule is O=S(O)Nc1ccc(NCCCCC2CC2)cc1. The van der Waals surface area contributed by atoms with Crippen LogP contribution < -0.4 is 10.0 Å². The summed E-state index contributed by atoms with van der Waals surface area (Å²) >= 11 is -2.00. The Morgan fingerprint density at radius 1 is 1.17 bits per heavy atom. The predicted octanol–water partition coefficient (Wildman–Crippen LogP) is 3.23. The molecule has 2 rings (SSSR count). The molecule has 0 aromatic heterocycles. The van der Waals surface area contributed by atoms with Crippen molar-refractivity contribution in [1.29, 1.82) is 0 Å². The van der Waals surface area contributed by atoms with Gasteiger partial charge in [-0.05, 0) is 36.6 Å². The molecule has 0 amide bonds. The Bertz CT molecular complexity index is 390. The molecule has 0 bridgehead atoms. The first-order valence-corrected chi connectivity index (χ1v) is 7.56. The van der Waals surface area contributed by atoms with E-state index in [1.807, 2.05) is 12.1 Å². The van der Waals surface area contributed by atoms with E-state index in [1.165, 1.54) is 32.1 Å². The van der Waals surface area contributed by atoms with Gasteiger partial charge < -0.3 is 5.32 Å². The van der Waals surface area contributed by atoms with Crippen LogP contribution in [0.15, 0.2) is 24.3 Å². The van der Waals surface area contributed by atoms with Crippen LogP contribution in [-0.2, 0) is 11.3 Å². The highest BCUT2D eigenvalue weighted by molar-refractivity contribution is 7.80. The van der Waals surface area contributed by atoms with Crippen molar-refractivity contribution in [2.45, 2.75) is 32.1 Å². The van der Waals surface area contributed by atoms with E-state index < -0.39 is 11.3 Å². The molecule has 4 nitrogen and oxygen atoms in total. The van der Waals surface area contributed by atoms with Crippen LogP contribution in [0.2, 0.25) is 0 Å². The maximum Gasteiger partial charge on any atom is 0.259 e. The summed E-state index contributed by atoms with van der Waals surface area (Å²) in [5.74, 6) is 1.02. The van der Waals surface area contributed by atoms with E-state index in [4.69, 9.17) is 4.55 Å². The molecular weight excluding hydrogens is 248 g/mol. The summed E-state index contributed by atoms with van der Waals surface area (Å²) in [6, 6.07) is 7.41. The number of rotatable bonds is 8. The van der Waals surface area contributed by atoms with Crippen LogP contribution in [0.25, 0.3) is 0 Å². The third kappa shape index (κ3) is 5.06. The first-order chi connectivity index (χ1) is 8.74. The number of hydrogen-bond acceptors (Lipinski definition) is 2. The maximum absolute atomic E-state index is 10.5. The highest BCUT2D eigenvalue weighted by Gasteiger charge is 2.19. The summed E-state index contributed by atoms with van der Waals surface area (Å²) in [6.07, 6.45) is 6.77. The molecule has 0 radical (unpaired) electrons. The lowest BCUT2D eigenvalue weighted by atomic mass is 10.2. The van der Waals surface area contributed by atoms with Gasteiger partial charge in [0, 0.05) is 17.9 Å². The molecule has 1 fully saturated rings. The van der Waals surface area contributed by atoms with Crippen molar-refractivity contribution in [2.75, 3.05) is 16.6 Å². The van der Waals surface area contributed by atoms with Crippen molar-refractivity contribution >= 4 is 22.6 Å². The normalized spacial score (nSPS) is 16.3. The monoisotopic (exact) mass is 268 g/mol. The summed E-state index contributed by atoms with van der Waals surface area (Å²) < 4.78 is 21.6. The van der Waals surface area contributed by atoms with Gasteiger partial charge in [-0.15, -0.1) is 0 Å².